The number of carbonyl (C=O) groups is 3. The van der Waals surface area contributed by atoms with Crippen LogP contribution in [0.4, 0.5) is 21.9 Å². The average molecular weight is 550 g/mol. The number of nitrogens with zero attached hydrogens (tertiary/aromatic N) is 2. The first kappa shape index (κ1) is 25.4. The van der Waals surface area contributed by atoms with Crippen molar-refractivity contribution in [1.29, 1.82) is 0 Å². The lowest BCUT2D eigenvalue weighted by Gasteiger charge is -2.26. The van der Waals surface area contributed by atoms with Crippen LogP contribution >= 0.6 is 15.9 Å². The Morgan fingerprint density at radius 3 is 2.31 bits per heavy atom. The third-order valence-corrected chi connectivity index (χ3v) is 6.05. The van der Waals surface area contributed by atoms with E-state index in [-0.39, 0.29) is 24.8 Å². The van der Waals surface area contributed by atoms with Crippen LogP contribution in [-0.4, -0.2) is 23.5 Å². The molecule has 1 aliphatic rings. The molecule has 4 rings (SSSR count). The molecule has 0 spiro atoms. The van der Waals surface area contributed by atoms with Crippen molar-refractivity contribution in [2.24, 2.45) is 0 Å². The first-order valence-electron chi connectivity index (χ1n) is 11.6. The first-order chi connectivity index (χ1) is 17.1. The van der Waals surface area contributed by atoms with E-state index in [2.05, 4.69) is 21.2 Å². The largest absolute Gasteiger partial charge is 0.444 e. The van der Waals surface area contributed by atoms with Gasteiger partial charge in [-0.1, -0.05) is 52.3 Å². The molecule has 0 saturated carbocycles. The van der Waals surface area contributed by atoms with Crippen molar-refractivity contribution in [1.82, 2.24) is 5.32 Å². The number of benzene rings is 3. The predicted molar refractivity (Wildman–Crippen MR) is 143 cm³/mol. The Kier molecular flexibility index (Phi) is 7.45. The van der Waals surface area contributed by atoms with Gasteiger partial charge in [0.15, 0.2) is 0 Å². The van der Waals surface area contributed by atoms with Crippen LogP contribution in [0.3, 0.4) is 0 Å². The molecule has 3 aromatic carbocycles. The summed E-state index contributed by atoms with van der Waals surface area (Å²) in [5.74, 6) is -0.580. The van der Waals surface area contributed by atoms with E-state index in [0.29, 0.717) is 23.6 Å². The third-order valence-electron chi connectivity index (χ3n) is 5.52. The van der Waals surface area contributed by atoms with Crippen LogP contribution in [0, 0.1) is 0 Å². The molecular weight excluding hydrogens is 522 g/mol. The third kappa shape index (κ3) is 6.12. The van der Waals surface area contributed by atoms with E-state index in [1.54, 1.807) is 30.6 Å². The highest BCUT2D eigenvalue weighted by atomic mass is 79.9. The summed E-state index contributed by atoms with van der Waals surface area (Å²) in [6, 6.07) is 22.5. The van der Waals surface area contributed by atoms with Crippen LogP contribution in [0.2, 0.25) is 0 Å². The molecular formula is C28H28BrN3O4. The zero-order chi connectivity index (χ0) is 25.9. The predicted octanol–water partition coefficient (Wildman–Crippen LogP) is 6.08. The van der Waals surface area contributed by atoms with E-state index in [1.165, 1.54) is 0 Å². The van der Waals surface area contributed by atoms with E-state index in [0.717, 1.165) is 15.6 Å². The number of hydrogen-bond donors (Lipinski definition) is 1. The van der Waals surface area contributed by atoms with Crippen LogP contribution in [-0.2, 0) is 27.4 Å². The Bertz CT molecular complexity index is 1280. The van der Waals surface area contributed by atoms with Crippen molar-refractivity contribution < 1.29 is 19.1 Å². The number of para-hydroxylation sites is 2. The Morgan fingerprint density at radius 2 is 1.61 bits per heavy atom. The summed E-state index contributed by atoms with van der Waals surface area (Å²) < 4.78 is 6.26. The molecule has 7 nitrogen and oxygen atoms in total. The van der Waals surface area contributed by atoms with Crippen LogP contribution in [0.25, 0.3) is 0 Å². The molecule has 1 aliphatic heterocycles. The van der Waals surface area contributed by atoms with Crippen molar-refractivity contribution in [3.05, 3.63) is 88.4 Å². The molecule has 3 amide bonds. The maximum atomic E-state index is 13.3. The Hall–Kier alpha value is -3.65. The maximum Gasteiger partial charge on any atom is 0.407 e. The monoisotopic (exact) mass is 549 g/mol. The molecule has 1 heterocycles. The molecule has 0 aromatic heterocycles. The molecule has 3 aromatic rings. The molecule has 0 aliphatic carbocycles. The van der Waals surface area contributed by atoms with Crippen LogP contribution < -0.4 is 15.1 Å². The zero-order valence-corrected chi connectivity index (χ0v) is 22.0. The zero-order valence-electron chi connectivity index (χ0n) is 20.5. The molecule has 36 heavy (non-hydrogen) atoms. The van der Waals surface area contributed by atoms with Crippen LogP contribution in [0.1, 0.15) is 38.3 Å². The van der Waals surface area contributed by atoms with Crippen molar-refractivity contribution in [3.63, 3.8) is 0 Å². The fourth-order valence-corrected chi connectivity index (χ4v) is 4.24. The van der Waals surface area contributed by atoms with Gasteiger partial charge in [-0.15, -0.1) is 0 Å². The van der Waals surface area contributed by atoms with Crippen molar-refractivity contribution in [3.8, 4) is 0 Å². The fourth-order valence-electron chi connectivity index (χ4n) is 3.98. The summed E-state index contributed by atoms with van der Waals surface area (Å²) >= 11 is 3.44. The van der Waals surface area contributed by atoms with E-state index >= 15 is 0 Å². The van der Waals surface area contributed by atoms with Crippen LogP contribution in [0.15, 0.2) is 77.3 Å². The summed E-state index contributed by atoms with van der Waals surface area (Å²) in [6.07, 6.45) is -0.774. The molecule has 8 heteroatoms. The number of hydrogen-bond acceptors (Lipinski definition) is 4. The lowest BCUT2D eigenvalue weighted by Crippen LogP contribution is -2.32. The summed E-state index contributed by atoms with van der Waals surface area (Å²) in [4.78, 5) is 41.9. The van der Waals surface area contributed by atoms with Gasteiger partial charge in [-0.2, -0.15) is 0 Å². The van der Waals surface area contributed by atoms with Gasteiger partial charge < -0.3 is 15.0 Å². The summed E-state index contributed by atoms with van der Waals surface area (Å²) in [6.45, 7) is 6.00. The number of amides is 3. The van der Waals surface area contributed by atoms with Gasteiger partial charge in [0.2, 0.25) is 11.8 Å². The Morgan fingerprint density at radius 1 is 0.917 bits per heavy atom. The molecule has 0 fully saturated rings. The van der Waals surface area contributed by atoms with Crippen molar-refractivity contribution in [2.45, 2.75) is 45.9 Å². The van der Waals surface area contributed by atoms with Gasteiger partial charge >= 0.3 is 6.09 Å². The van der Waals surface area contributed by atoms with Crippen molar-refractivity contribution >= 4 is 50.9 Å². The number of fused-ring (bicyclic) bond motifs is 1. The summed E-state index contributed by atoms with van der Waals surface area (Å²) in [5, 5.41) is 2.74. The van der Waals surface area contributed by atoms with E-state index < -0.39 is 11.7 Å². The minimum Gasteiger partial charge on any atom is -0.444 e. The highest BCUT2D eigenvalue weighted by Crippen LogP contribution is 2.38. The lowest BCUT2D eigenvalue weighted by atomic mass is 10.1. The molecule has 1 N–H and O–H groups in total. The average Bonchev–Trinajstić information content (AvgIpc) is 2.92. The van der Waals surface area contributed by atoms with Gasteiger partial charge in [-0.05, 0) is 68.3 Å². The second-order valence-corrected chi connectivity index (χ2v) is 10.4. The molecule has 0 bridgehead atoms. The van der Waals surface area contributed by atoms with Gasteiger partial charge in [0.1, 0.15) is 12.0 Å². The van der Waals surface area contributed by atoms with Gasteiger partial charge in [0, 0.05) is 16.7 Å². The highest BCUT2D eigenvalue weighted by molar-refractivity contribution is 9.10. The maximum absolute atomic E-state index is 13.3. The van der Waals surface area contributed by atoms with Gasteiger partial charge in [0.25, 0.3) is 0 Å². The molecule has 0 saturated heterocycles. The molecule has 186 valence electrons. The SMILES string of the molecule is CC(C)(C)OC(=O)NCc1cccc(N2C(=O)CC(=O)N(Cc3ccc(Br)cc3)c3ccccc32)c1. The standard InChI is InChI=1S/C28H28BrN3O4/c1-28(2,3)36-27(35)30-17-20-7-6-8-22(15-20)32-24-10-5-4-9-23(24)31(25(33)16-26(32)34)18-19-11-13-21(29)14-12-19/h4-15H,16-18H2,1-3H3,(H,30,35). The van der Waals surface area contributed by atoms with E-state index in [9.17, 15) is 14.4 Å². The number of alkyl carbamates (subject to hydrolysis) is 1. The smallest absolute Gasteiger partial charge is 0.407 e. The topological polar surface area (TPSA) is 79.0 Å². The number of nitrogens with one attached hydrogen (secondary N) is 1. The molecule has 0 radical (unpaired) electrons. The number of carbonyl (C=O) groups excluding carboxylic acids is 3. The van der Waals surface area contributed by atoms with E-state index in [1.807, 2.05) is 72.8 Å². The second kappa shape index (κ2) is 10.5. The number of halogens is 1. The van der Waals surface area contributed by atoms with Gasteiger partial charge in [-0.25, -0.2) is 4.79 Å². The molecule has 0 atom stereocenters. The molecule has 0 unspecified atom stereocenters. The number of ether oxygens (including phenoxy) is 1. The number of anilines is 3. The Balaban J connectivity index is 1.63. The number of rotatable bonds is 5. The van der Waals surface area contributed by atoms with Crippen molar-refractivity contribution in [2.75, 3.05) is 9.80 Å². The quantitative estimate of drug-likeness (QED) is 0.391. The summed E-state index contributed by atoms with van der Waals surface area (Å²) in [7, 11) is 0. The van der Waals surface area contributed by atoms with Crippen LogP contribution in [0.5, 0.6) is 0 Å². The lowest BCUT2D eigenvalue weighted by molar-refractivity contribution is -0.125. The summed E-state index contributed by atoms with van der Waals surface area (Å²) in [5.41, 5.74) is 3.07. The van der Waals surface area contributed by atoms with Gasteiger partial charge in [-0.3, -0.25) is 14.5 Å². The fraction of sp³-hybridized carbons (Fsp3) is 0.250. The van der Waals surface area contributed by atoms with E-state index in [4.69, 9.17) is 4.74 Å². The van der Waals surface area contributed by atoms with Gasteiger partial charge in [0.05, 0.1) is 17.9 Å². The normalized spacial score (nSPS) is 13.8. The minimum absolute atomic E-state index is 0.237. The minimum atomic E-state index is -0.594. The second-order valence-electron chi connectivity index (χ2n) is 9.53. The Labute approximate surface area is 219 Å². The highest BCUT2D eigenvalue weighted by Gasteiger charge is 2.32. The first-order valence-corrected chi connectivity index (χ1v) is 12.4.